The molecule has 1 aliphatic heterocycles. The van der Waals surface area contributed by atoms with E-state index in [1.165, 1.54) is 27.5 Å². The highest BCUT2D eigenvalue weighted by molar-refractivity contribution is 5.95. The number of aromatic nitrogens is 2. The molecule has 0 fully saturated rings. The Morgan fingerprint density at radius 1 is 1.20 bits per heavy atom. The maximum Gasteiger partial charge on any atom is 0.287 e. The van der Waals surface area contributed by atoms with Gasteiger partial charge in [-0.05, 0) is 45.4 Å². The number of methoxy groups -OCH3 is 1. The smallest absolute Gasteiger partial charge is 0.287 e. The normalized spacial score (nSPS) is 18.2. The number of hydrogen-bond acceptors (Lipinski definition) is 3. The van der Waals surface area contributed by atoms with Gasteiger partial charge in [0.2, 0.25) is 0 Å². The summed E-state index contributed by atoms with van der Waals surface area (Å²) in [7, 11) is 1.74. The lowest BCUT2D eigenvalue weighted by atomic mass is 9.73. The number of nitrogens with zero attached hydrogens (tertiary/aromatic N) is 2. The lowest BCUT2D eigenvalue weighted by Gasteiger charge is -2.36. The summed E-state index contributed by atoms with van der Waals surface area (Å²) in [5, 5.41) is 12.6. The summed E-state index contributed by atoms with van der Waals surface area (Å²) in [5.41, 5.74) is 5.82. The van der Waals surface area contributed by atoms with Crippen LogP contribution in [0.2, 0.25) is 0 Å². The number of aliphatic hydroxyl groups excluding tert-OH is 1. The maximum absolute atomic E-state index is 10.0. The van der Waals surface area contributed by atoms with E-state index in [9.17, 15) is 5.11 Å². The molecule has 1 aliphatic rings. The van der Waals surface area contributed by atoms with Crippen molar-refractivity contribution in [1.29, 1.82) is 0 Å². The molecule has 0 spiro atoms. The van der Waals surface area contributed by atoms with E-state index in [-0.39, 0.29) is 24.0 Å². The predicted octanol–water partition coefficient (Wildman–Crippen LogP) is 4.71. The largest absolute Gasteiger partial charge is 0.392 e. The first kappa shape index (κ1) is 20.7. The molecular weight excluding hydrogens is 372 g/mol. The van der Waals surface area contributed by atoms with E-state index in [2.05, 4.69) is 73.3 Å². The van der Waals surface area contributed by atoms with Crippen LogP contribution in [0.3, 0.4) is 0 Å². The van der Waals surface area contributed by atoms with Gasteiger partial charge in [0, 0.05) is 31.3 Å². The molecule has 0 radical (unpaired) electrons. The van der Waals surface area contributed by atoms with Crippen molar-refractivity contribution in [3.63, 3.8) is 0 Å². The number of rotatable bonds is 5. The minimum Gasteiger partial charge on any atom is -0.392 e. The first-order valence-electron chi connectivity index (χ1n) is 10.6. The van der Waals surface area contributed by atoms with E-state index in [0.29, 0.717) is 6.61 Å². The summed E-state index contributed by atoms with van der Waals surface area (Å²) in [6.07, 6.45) is 4.55. The van der Waals surface area contributed by atoms with Gasteiger partial charge in [0.1, 0.15) is 17.9 Å². The van der Waals surface area contributed by atoms with Crippen molar-refractivity contribution in [1.82, 2.24) is 4.98 Å². The quantitative estimate of drug-likeness (QED) is 0.496. The standard InChI is InChI=1S/C26H31N2O2/c1-17(15-29)25-20(11-13-30-5)24-19-9-7-6-8-18(19)22(26(2,3)4)14-21(24)23-10-12-27-16-28(23)25/h6-10,12,14,16,20,25,29H,1,11,13,15H2,2-5H3/q+1. The van der Waals surface area contributed by atoms with E-state index in [0.717, 1.165) is 17.7 Å². The molecular formula is C26H31N2O2+. The molecule has 0 amide bonds. The first-order valence-corrected chi connectivity index (χ1v) is 10.6. The van der Waals surface area contributed by atoms with Crippen molar-refractivity contribution in [3.05, 3.63) is 72.2 Å². The molecule has 0 saturated carbocycles. The van der Waals surface area contributed by atoms with Crippen molar-refractivity contribution in [3.8, 4) is 11.3 Å². The maximum atomic E-state index is 10.0. The zero-order valence-electron chi connectivity index (χ0n) is 18.4. The Balaban J connectivity index is 2.11. The molecule has 2 heterocycles. The van der Waals surface area contributed by atoms with Gasteiger partial charge in [-0.1, -0.05) is 56.6 Å². The van der Waals surface area contributed by atoms with Crippen LogP contribution >= 0.6 is 0 Å². The Morgan fingerprint density at radius 2 is 1.93 bits per heavy atom. The van der Waals surface area contributed by atoms with Crippen LogP contribution in [0.1, 0.15) is 50.3 Å². The number of aliphatic hydroxyl groups is 1. The number of benzene rings is 2. The second-order valence-corrected chi connectivity index (χ2v) is 9.20. The predicted molar refractivity (Wildman–Crippen MR) is 121 cm³/mol. The van der Waals surface area contributed by atoms with Crippen LogP contribution < -0.4 is 4.57 Å². The Labute approximate surface area is 178 Å². The van der Waals surface area contributed by atoms with Crippen molar-refractivity contribution in [2.45, 2.75) is 44.6 Å². The third kappa shape index (κ3) is 3.34. The topological polar surface area (TPSA) is 46.2 Å². The molecule has 0 aliphatic carbocycles. The molecule has 0 saturated heterocycles. The fraction of sp³-hybridized carbons (Fsp3) is 0.385. The average Bonchev–Trinajstić information content (AvgIpc) is 2.75. The van der Waals surface area contributed by atoms with Gasteiger partial charge >= 0.3 is 0 Å². The molecule has 4 heteroatoms. The monoisotopic (exact) mass is 403 g/mol. The Hall–Kier alpha value is -2.56. The van der Waals surface area contributed by atoms with Crippen LogP contribution in [-0.4, -0.2) is 30.4 Å². The summed E-state index contributed by atoms with van der Waals surface area (Å²) in [6.45, 7) is 11.6. The van der Waals surface area contributed by atoms with Crippen LogP contribution in [0.5, 0.6) is 0 Å². The van der Waals surface area contributed by atoms with Gasteiger partial charge in [-0.3, -0.25) is 0 Å². The molecule has 2 aromatic carbocycles. The second kappa shape index (κ2) is 7.93. The molecule has 2 atom stereocenters. The van der Waals surface area contributed by atoms with E-state index < -0.39 is 0 Å². The minimum absolute atomic E-state index is 0.0140. The highest BCUT2D eigenvalue weighted by Crippen LogP contribution is 2.47. The Kier molecular flexibility index (Phi) is 5.48. The summed E-state index contributed by atoms with van der Waals surface area (Å²) in [6, 6.07) is 13.1. The summed E-state index contributed by atoms with van der Waals surface area (Å²) in [5.74, 6) is 0.139. The third-order valence-corrected chi connectivity index (χ3v) is 6.26. The molecule has 30 heavy (non-hydrogen) atoms. The number of ether oxygens (including phenoxy) is 1. The SMILES string of the molecule is C=C(CO)C1C(CCOC)c2c(cc(C(C)(C)C)c3ccccc23)-c2ccnc[n+]21. The van der Waals surface area contributed by atoms with Crippen LogP contribution in [0.15, 0.2) is 61.1 Å². The van der Waals surface area contributed by atoms with E-state index in [1.54, 1.807) is 7.11 Å². The lowest BCUT2D eigenvalue weighted by Crippen LogP contribution is -2.49. The molecule has 4 nitrogen and oxygen atoms in total. The minimum atomic E-state index is -0.0646. The molecule has 0 bridgehead atoms. The van der Waals surface area contributed by atoms with E-state index in [4.69, 9.17) is 4.74 Å². The van der Waals surface area contributed by atoms with Crippen molar-refractivity contribution in [2.24, 2.45) is 0 Å². The molecule has 1 aromatic heterocycles. The fourth-order valence-corrected chi connectivity index (χ4v) is 4.93. The van der Waals surface area contributed by atoms with Crippen LogP contribution in [0.25, 0.3) is 22.0 Å². The lowest BCUT2D eigenvalue weighted by molar-refractivity contribution is -0.712. The molecule has 3 aromatic rings. The van der Waals surface area contributed by atoms with Gasteiger partial charge in [0.25, 0.3) is 6.33 Å². The van der Waals surface area contributed by atoms with Crippen LogP contribution in [-0.2, 0) is 10.2 Å². The van der Waals surface area contributed by atoms with Crippen molar-refractivity contribution >= 4 is 10.8 Å². The molecule has 156 valence electrons. The zero-order chi connectivity index (χ0) is 21.5. The molecule has 1 N–H and O–H groups in total. The Bertz CT molecular complexity index is 1100. The van der Waals surface area contributed by atoms with E-state index >= 15 is 0 Å². The summed E-state index contributed by atoms with van der Waals surface area (Å²) >= 11 is 0. The highest BCUT2D eigenvalue weighted by Gasteiger charge is 2.40. The first-order chi connectivity index (χ1) is 14.4. The zero-order valence-corrected chi connectivity index (χ0v) is 18.4. The third-order valence-electron chi connectivity index (χ3n) is 6.26. The van der Waals surface area contributed by atoms with Gasteiger partial charge in [-0.15, -0.1) is 0 Å². The second-order valence-electron chi connectivity index (χ2n) is 9.20. The van der Waals surface area contributed by atoms with Gasteiger partial charge in [-0.2, -0.15) is 0 Å². The highest BCUT2D eigenvalue weighted by atomic mass is 16.5. The van der Waals surface area contributed by atoms with E-state index in [1.807, 2.05) is 12.5 Å². The van der Waals surface area contributed by atoms with Crippen LogP contribution in [0.4, 0.5) is 0 Å². The number of fused-ring (bicyclic) bond motifs is 5. The fourth-order valence-electron chi connectivity index (χ4n) is 4.93. The van der Waals surface area contributed by atoms with Gasteiger partial charge in [0.05, 0.1) is 6.61 Å². The molecule has 2 unspecified atom stereocenters. The van der Waals surface area contributed by atoms with Crippen molar-refractivity contribution < 1.29 is 14.4 Å². The summed E-state index contributed by atoms with van der Waals surface area (Å²) in [4.78, 5) is 4.40. The average molecular weight is 404 g/mol. The van der Waals surface area contributed by atoms with Crippen molar-refractivity contribution in [2.75, 3.05) is 20.3 Å². The number of hydrogen-bond donors (Lipinski definition) is 1. The van der Waals surface area contributed by atoms with Gasteiger partial charge in [0.15, 0.2) is 0 Å². The van der Waals surface area contributed by atoms with Crippen LogP contribution in [0, 0.1) is 0 Å². The van der Waals surface area contributed by atoms with Gasteiger partial charge < -0.3 is 9.84 Å². The summed E-state index contributed by atoms with van der Waals surface area (Å²) < 4.78 is 7.67. The van der Waals surface area contributed by atoms with Gasteiger partial charge in [-0.25, -0.2) is 4.57 Å². The molecule has 4 rings (SSSR count). The Morgan fingerprint density at radius 3 is 2.60 bits per heavy atom.